The van der Waals surface area contributed by atoms with Crippen LogP contribution >= 0.6 is 0 Å². The van der Waals surface area contributed by atoms with Crippen LogP contribution in [-0.2, 0) is 0 Å². The molecule has 0 saturated carbocycles. The normalized spacial score (nSPS) is 10.0. The van der Waals surface area contributed by atoms with Gasteiger partial charge < -0.3 is 5.11 Å². The molecule has 2 rings (SSSR count). The van der Waals surface area contributed by atoms with E-state index in [1.807, 2.05) is 0 Å². The molecule has 1 heterocycles. The van der Waals surface area contributed by atoms with Gasteiger partial charge in [-0.15, -0.1) is 0 Å². The molecule has 0 aliphatic rings. The van der Waals surface area contributed by atoms with Gasteiger partial charge in [0.1, 0.15) is 23.2 Å². The largest absolute Gasteiger partial charge is 0.506 e. The zero-order chi connectivity index (χ0) is 10.1. The van der Waals surface area contributed by atoms with Gasteiger partial charge in [0.2, 0.25) is 0 Å². The number of fused-ring (bicyclic) bond motifs is 1. The molecule has 4 heteroatoms. The second-order valence-corrected chi connectivity index (χ2v) is 2.77. The zero-order valence-electron chi connectivity index (χ0n) is 7.03. The molecule has 1 aromatic heterocycles. The summed E-state index contributed by atoms with van der Waals surface area (Å²) in [5.41, 5.74) is 0.309. The van der Waals surface area contributed by atoms with Crippen LogP contribution in [-0.4, -0.2) is 10.1 Å². The minimum absolute atomic E-state index is 0.00782. The summed E-state index contributed by atoms with van der Waals surface area (Å²) in [5.74, 6) is -0.930. The Morgan fingerprint density at radius 2 is 2.21 bits per heavy atom. The summed E-state index contributed by atoms with van der Waals surface area (Å²) in [6.45, 7) is 0. The Balaban J connectivity index is 2.95. The minimum atomic E-state index is -0.579. The van der Waals surface area contributed by atoms with Crippen molar-refractivity contribution in [3.63, 3.8) is 0 Å². The Bertz CT molecular complexity index is 546. The molecule has 68 valence electrons. The summed E-state index contributed by atoms with van der Waals surface area (Å²) >= 11 is 0. The van der Waals surface area contributed by atoms with Crippen molar-refractivity contribution < 1.29 is 9.50 Å². The smallest absolute Gasteiger partial charge is 0.147 e. The Morgan fingerprint density at radius 1 is 1.43 bits per heavy atom. The zero-order valence-corrected chi connectivity index (χ0v) is 7.03. The number of aromatic nitrogens is 1. The lowest BCUT2D eigenvalue weighted by atomic mass is 10.1. The molecule has 0 aliphatic carbocycles. The molecule has 0 unspecified atom stereocenters. The number of rotatable bonds is 0. The Kier molecular flexibility index (Phi) is 1.79. The van der Waals surface area contributed by atoms with Crippen LogP contribution in [0, 0.1) is 17.1 Å². The van der Waals surface area contributed by atoms with Crippen LogP contribution in [0.15, 0.2) is 24.4 Å². The van der Waals surface area contributed by atoms with Crippen LogP contribution in [0.3, 0.4) is 0 Å². The predicted molar refractivity (Wildman–Crippen MR) is 48.1 cm³/mol. The SMILES string of the molecule is N#Cc1cnc2cccc(F)c2c1O. The minimum Gasteiger partial charge on any atom is -0.506 e. The van der Waals surface area contributed by atoms with E-state index in [9.17, 15) is 9.50 Å². The molecule has 2 aromatic rings. The molecule has 14 heavy (non-hydrogen) atoms. The van der Waals surface area contributed by atoms with Crippen molar-refractivity contribution in [1.29, 1.82) is 5.26 Å². The molecule has 1 N–H and O–H groups in total. The summed E-state index contributed by atoms with van der Waals surface area (Å²) in [6.07, 6.45) is 1.22. The van der Waals surface area contributed by atoms with Crippen molar-refractivity contribution in [2.75, 3.05) is 0 Å². The molecule has 0 saturated heterocycles. The van der Waals surface area contributed by atoms with Gasteiger partial charge in [0.05, 0.1) is 10.9 Å². The number of nitriles is 1. The van der Waals surface area contributed by atoms with Crippen molar-refractivity contribution in [3.05, 3.63) is 35.8 Å². The van der Waals surface area contributed by atoms with Crippen LogP contribution < -0.4 is 0 Å². The van der Waals surface area contributed by atoms with Gasteiger partial charge in [-0.3, -0.25) is 4.98 Å². The van der Waals surface area contributed by atoms with Gasteiger partial charge in [0.15, 0.2) is 0 Å². The van der Waals surface area contributed by atoms with E-state index in [2.05, 4.69) is 4.98 Å². The van der Waals surface area contributed by atoms with Crippen molar-refractivity contribution in [2.24, 2.45) is 0 Å². The van der Waals surface area contributed by atoms with Gasteiger partial charge in [0, 0.05) is 6.20 Å². The summed E-state index contributed by atoms with van der Waals surface area (Å²) in [4.78, 5) is 3.85. The average Bonchev–Trinajstić information content (AvgIpc) is 2.18. The first-order valence-electron chi connectivity index (χ1n) is 3.90. The van der Waals surface area contributed by atoms with Crippen LogP contribution in [0.25, 0.3) is 10.9 Å². The Hall–Kier alpha value is -2.15. The summed E-state index contributed by atoms with van der Waals surface area (Å²) in [7, 11) is 0. The molecular formula is C10H5FN2O. The van der Waals surface area contributed by atoms with E-state index in [4.69, 9.17) is 5.26 Å². The average molecular weight is 188 g/mol. The number of aromatic hydroxyl groups is 1. The Labute approximate surface area is 79.1 Å². The molecule has 0 radical (unpaired) electrons. The third-order valence-corrected chi connectivity index (χ3v) is 1.94. The molecular weight excluding hydrogens is 183 g/mol. The summed E-state index contributed by atoms with van der Waals surface area (Å²) in [5, 5.41) is 18.1. The molecule has 0 bridgehead atoms. The van der Waals surface area contributed by atoms with Gasteiger partial charge in [-0.05, 0) is 12.1 Å². The number of nitrogens with zero attached hydrogens (tertiary/aromatic N) is 2. The maximum absolute atomic E-state index is 13.3. The fourth-order valence-electron chi connectivity index (χ4n) is 1.27. The monoisotopic (exact) mass is 188 g/mol. The van der Waals surface area contributed by atoms with Gasteiger partial charge in [0.25, 0.3) is 0 Å². The van der Waals surface area contributed by atoms with Crippen LogP contribution in [0.2, 0.25) is 0 Å². The van der Waals surface area contributed by atoms with E-state index in [0.717, 1.165) is 0 Å². The third-order valence-electron chi connectivity index (χ3n) is 1.94. The fourth-order valence-corrected chi connectivity index (χ4v) is 1.27. The predicted octanol–water partition coefficient (Wildman–Crippen LogP) is 1.95. The first-order chi connectivity index (χ1) is 6.74. The van der Waals surface area contributed by atoms with E-state index >= 15 is 0 Å². The molecule has 0 amide bonds. The lowest BCUT2D eigenvalue weighted by Crippen LogP contribution is -1.87. The van der Waals surface area contributed by atoms with Gasteiger partial charge in [-0.2, -0.15) is 5.26 Å². The third kappa shape index (κ3) is 1.07. The van der Waals surface area contributed by atoms with E-state index < -0.39 is 5.82 Å². The Morgan fingerprint density at radius 3 is 2.93 bits per heavy atom. The lowest BCUT2D eigenvalue weighted by Gasteiger charge is -2.02. The quantitative estimate of drug-likeness (QED) is 0.687. The van der Waals surface area contributed by atoms with Crippen molar-refractivity contribution >= 4 is 10.9 Å². The molecule has 0 aliphatic heterocycles. The maximum atomic E-state index is 13.3. The molecule has 0 atom stereocenters. The van der Waals surface area contributed by atoms with Crippen LogP contribution in [0.1, 0.15) is 5.56 Å². The number of benzene rings is 1. The topological polar surface area (TPSA) is 56.9 Å². The lowest BCUT2D eigenvalue weighted by molar-refractivity contribution is 0.476. The number of pyridine rings is 1. The standard InChI is InChI=1S/C10H5FN2O/c11-7-2-1-3-8-9(7)10(14)6(4-12)5-13-8/h1-3,5H,(H,13,14). The van der Waals surface area contributed by atoms with E-state index in [-0.39, 0.29) is 16.7 Å². The first kappa shape index (κ1) is 8.45. The van der Waals surface area contributed by atoms with Crippen molar-refractivity contribution in [3.8, 4) is 11.8 Å². The van der Waals surface area contributed by atoms with Crippen LogP contribution in [0.4, 0.5) is 4.39 Å². The summed E-state index contributed by atoms with van der Waals surface area (Å²) < 4.78 is 13.3. The second-order valence-electron chi connectivity index (χ2n) is 2.77. The highest BCUT2D eigenvalue weighted by Gasteiger charge is 2.10. The number of hydrogen-bond acceptors (Lipinski definition) is 3. The van der Waals surface area contributed by atoms with E-state index in [0.29, 0.717) is 5.52 Å². The van der Waals surface area contributed by atoms with Crippen molar-refractivity contribution in [2.45, 2.75) is 0 Å². The highest BCUT2D eigenvalue weighted by atomic mass is 19.1. The van der Waals surface area contributed by atoms with Gasteiger partial charge in [-0.25, -0.2) is 4.39 Å². The van der Waals surface area contributed by atoms with Gasteiger partial charge in [-0.1, -0.05) is 6.07 Å². The highest BCUT2D eigenvalue weighted by molar-refractivity contribution is 5.87. The molecule has 1 aromatic carbocycles. The van der Waals surface area contributed by atoms with Crippen molar-refractivity contribution in [1.82, 2.24) is 4.98 Å². The van der Waals surface area contributed by atoms with Gasteiger partial charge >= 0.3 is 0 Å². The molecule has 0 spiro atoms. The van der Waals surface area contributed by atoms with E-state index in [1.54, 1.807) is 12.1 Å². The first-order valence-corrected chi connectivity index (χ1v) is 3.90. The highest BCUT2D eigenvalue weighted by Crippen LogP contribution is 2.28. The van der Waals surface area contributed by atoms with Crippen LogP contribution in [0.5, 0.6) is 5.75 Å². The van der Waals surface area contributed by atoms with E-state index in [1.165, 1.54) is 18.3 Å². The summed E-state index contributed by atoms with van der Waals surface area (Å²) in [6, 6.07) is 6.01. The second kappa shape index (κ2) is 2.96. The fraction of sp³-hybridized carbons (Fsp3) is 0. The maximum Gasteiger partial charge on any atom is 0.147 e. The molecule has 3 nitrogen and oxygen atoms in total. The number of hydrogen-bond donors (Lipinski definition) is 1. The molecule has 0 fully saturated rings. The number of halogens is 1.